The average molecular weight is 408 g/mol. The first-order valence-electron chi connectivity index (χ1n) is 9.32. The molecule has 0 aliphatic heterocycles. The minimum Gasteiger partial charge on any atom is -0.478 e. The van der Waals surface area contributed by atoms with Crippen LogP contribution in [0.4, 0.5) is 5.69 Å². The predicted octanol–water partition coefficient (Wildman–Crippen LogP) is 5.81. The molecule has 0 radical (unpaired) electrons. The number of rotatable bonds is 6. The van der Waals surface area contributed by atoms with E-state index < -0.39 is 30.2 Å². The van der Waals surface area contributed by atoms with Crippen LogP contribution >= 0.6 is 0 Å². The number of carboxylic acids is 1. The van der Waals surface area contributed by atoms with E-state index >= 15 is 0 Å². The van der Waals surface area contributed by atoms with Crippen LogP contribution in [0.15, 0.2) is 30.4 Å². The minimum atomic E-state index is -2.39. The molecule has 1 unspecified atom stereocenters. The zero-order chi connectivity index (χ0) is 22.1. The zero-order valence-electron chi connectivity index (χ0n) is 18.4. The Kier molecular flexibility index (Phi) is 6.69. The molecule has 0 amide bonds. The van der Waals surface area contributed by atoms with E-state index in [-0.39, 0.29) is 10.7 Å². The third-order valence-corrected chi connectivity index (χ3v) is 10.1. The molecule has 1 N–H and O–H groups in total. The summed E-state index contributed by atoms with van der Waals surface area (Å²) in [6, 6.07) is 4.66. The molecule has 0 fully saturated rings. The van der Waals surface area contributed by atoms with Gasteiger partial charge >= 0.3 is 5.97 Å². The van der Waals surface area contributed by atoms with E-state index in [0.717, 1.165) is 11.6 Å². The molecule has 6 nitrogen and oxygen atoms in total. The lowest BCUT2D eigenvalue weighted by Gasteiger charge is -2.51. The highest BCUT2D eigenvalue weighted by Crippen LogP contribution is 2.51. The molecule has 7 heteroatoms. The van der Waals surface area contributed by atoms with Crippen molar-refractivity contribution in [1.82, 2.24) is 0 Å². The lowest BCUT2D eigenvalue weighted by molar-refractivity contribution is -0.385. The van der Waals surface area contributed by atoms with E-state index in [1.54, 1.807) is 12.1 Å². The van der Waals surface area contributed by atoms with Crippen LogP contribution in [0, 0.1) is 22.5 Å². The van der Waals surface area contributed by atoms with Gasteiger partial charge in [0.1, 0.15) is 5.60 Å². The number of hydrogen-bond acceptors (Lipinski definition) is 4. The van der Waals surface area contributed by atoms with Crippen molar-refractivity contribution >= 4 is 20.0 Å². The number of nitrogens with zero attached hydrogens (tertiary/aromatic N) is 1. The van der Waals surface area contributed by atoms with Gasteiger partial charge in [0.2, 0.25) is 0 Å². The van der Waals surface area contributed by atoms with Crippen molar-refractivity contribution in [1.29, 1.82) is 0 Å². The van der Waals surface area contributed by atoms with E-state index in [0.29, 0.717) is 5.56 Å². The Morgan fingerprint density at radius 2 is 1.71 bits per heavy atom. The van der Waals surface area contributed by atoms with E-state index in [9.17, 15) is 20.0 Å². The maximum absolute atomic E-state index is 11.4. The summed E-state index contributed by atoms with van der Waals surface area (Å²) in [5.74, 6) is -1.09. The smallest absolute Gasteiger partial charge is 0.328 e. The number of carboxylic acid groups (broad SMARTS) is 1. The summed E-state index contributed by atoms with van der Waals surface area (Å²) in [5.41, 5.74) is -0.304. The van der Waals surface area contributed by atoms with Gasteiger partial charge in [0.05, 0.1) is 4.92 Å². The quantitative estimate of drug-likeness (QED) is 0.278. The van der Waals surface area contributed by atoms with Crippen molar-refractivity contribution in [3.8, 4) is 0 Å². The predicted molar refractivity (Wildman–Crippen MR) is 114 cm³/mol. The Morgan fingerprint density at radius 1 is 1.18 bits per heavy atom. The highest BCUT2D eigenvalue weighted by atomic mass is 28.4. The van der Waals surface area contributed by atoms with Crippen molar-refractivity contribution in [2.24, 2.45) is 5.41 Å². The van der Waals surface area contributed by atoms with Crippen molar-refractivity contribution in [3.63, 3.8) is 0 Å². The molecule has 1 rings (SSSR count). The van der Waals surface area contributed by atoms with E-state index in [4.69, 9.17) is 4.43 Å². The number of aliphatic carboxylic acids is 1. The summed E-state index contributed by atoms with van der Waals surface area (Å²) in [6.45, 7) is 18.3. The Balaban J connectivity index is 3.94. The third kappa shape index (κ3) is 4.88. The molecule has 0 spiro atoms. The molecule has 0 aliphatic carbocycles. The van der Waals surface area contributed by atoms with Crippen molar-refractivity contribution in [3.05, 3.63) is 51.6 Å². The average Bonchev–Trinajstić information content (AvgIpc) is 2.49. The summed E-state index contributed by atoms with van der Waals surface area (Å²) in [5, 5.41) is 20.6. The second-order valence-corrected chi connectivity index (χ2v) is 14.5. The molecule has 28 heavy (non-hydrogen) atoms. The van der Waals surface area contributed by atoms with Crippen LogP contribution < -0.4 is 0 Å². The summed E-state index contributed by atoms with van der Waals surface area (Å²) >= 11 is 0. The normalized spacial score (nSPS) is 15.5. The van der Waals surface area contributed by atoms with Crippen LogP contribution in [-0.2, 0) is 14.8 Å². The standard InChI is InChI=1S/C21H33NO5Si/c1-15-10-11-16(22(25)26)14-17(15)21(19(2,3)4,13-12-18(23)24)27-28(8,9)20(5,6)7/h10-14H,1-9H3,(H,23,24)/b13-12+. The van der Waals surface area contributed by atoms with Gasteiger partial charge in [0.15, 0.2) is 8.32 Å². The third-order valence-electron chi connectivity index (χ3n) is 5.63. The maximum Gasteiger partial charge on any atom is 0.328 e. The van der Waals surface area contributed by atoms with Crippen LogP contribution in [0.1, 0.15) is 52.7 Å². The molecule has 0 aromatic heterocycles. The van der Waals surface area contributed by atoms with Crippen molar-refractivity contribution < 1.29 is 19.3 Å². The molecule has 0 saturated carbocycles. The molecule has 1 aromatic rings. The summed E-state index contributed by atoms with van der Waals surface area (Å²) in [7, 11) is -2.39. The SMILES string of the molecule is Cc1ccc([N+](=O)[O-])cc1C(/C=C/C(=O)O)(O[Si](C)(C)C(C)(C)C)C(C)(C)C. The number of nitro groups is 1. The molecule has 0 saturated heterocycles. The minimum absolute atomic E-state index is 0.0446. The van der Waals surface area contributed by atoms with Gasteiger partial charge in [-0.25, -0.2) is 4.79 Å². The number of carbonyl (C=O) groups is 1. The Labute approximate surface area is 168 Å². The van der Waals surface area contributed by atoms with Gasteiger partial charge in [-0.3, -0.25) is 10.1 Å². The van der Waals surface area contributed by atoms with Crippen molar-refractivity contribution in [2.75, 3.05) is 0 Å². The topological polar surface area (TPSA) is 89.7 Å². The maximum atomic E-state index is 11.4. The number of hydrogen-bond donors (Lipinski definition) is 1. The number of nitro benzene ring substituents is 1. The Hall–Kier alpha value is -1.99. The molecule has 0 heterocycles. The van der Waals surface area contributed by atoms with Crippen molar-refractivity contribution in [2.45, 2.75) is 72.2 Å². The number of non-ortho nitro benzene ring substituents is 1. The van der Waals surface area contributed by atoms with Gasteiger partial charge < -0.3 is 9.53 Å². The lowest BCUT2D eigenvalue weighted by atomic mass is 9.70. The number of benzene rings is 1. The van der Waals surface area contributed by atoms with Crippen LogP contribution in [0.2, 0.25) is 18.1 Å². The fourth-order valence-corrected chi connectivity index (χ4v) is 4.45. The van der Waals surface area contributed by atoms with Gasteiger partial charge in [0, 0.05) is 18.2 Å². The second kappa shape index (κ2) is 7.79. The Bertz CT molecular complexity index is 787. The highest BCUT2D eigenvalue weighted by Gasteiger charge is 2.51. The molecule has 1 aromatic carbocycles. The summed E-state index contributed by atoms with van der Waals surface area (Å²) in [4.78, 5) is 22.4. The Morgan fingerprint density at radius 3 is 2.11 bits per heavy atom. The zero-order valence-corrected chi connectivity index (χ0v) is 19.4. The van der Waals surface area contributed by atoms with E-state index in [1.807, 2.05) is 27.7 Å². The van der Waals surface area contributed by atoms with Gasteiger partial charge in [0.25, 0.3) is 5.69 Å². The molecule has 0 aliphatic rings. The summed E-state index contributed by atoms with van der Waals surface area (Å²) in [6.07, 6.45) is 2.64. The van der Waals surface area contributed by atoms with E-state index in [1.165, 1.54) is 12.1 Å². The molecule has 1 atom stereocenters. The first-order valence-corrected chi connectivity index (χ1v) is 12.2. The fourth-order valence-electron chi connectivity index (χ4n) is 2.85. The molecule has 156 valence electrons. The molecule has 0 bridgehead atoms. The van der Waals surface area contributed by atoms with Gasteiger partial charge in [-0.05, 0) is 47.7 Å². The lowest BCUT2D eigenvalue weighted by Crippen LogP contribution is -2.53. The molecular formula is C21H33NO5Si. The fraction of sp³-hybridized carbons (Fsp3) is 0.571. The van der Waals surface area contributed by atoms with Crippen LogP contribution in [0.25, 0.3) is 0 Å². The first-order chi connectivity index (χ1) is 12.4. The van der Waals surface area contributed by atoms with Gasteiger partial charge in [-0.2, -0.15) is 0 Å². The number of aryl methyl sites for hydroxylation is 1. The monoisotopic (exact) mass is 407 g/mol. The largest absolute Gasteiger partial charge is 0.478 e. The second-order valence-electron chi connectivity index (χ2n) is 9.78. The van der Waals surface area contributed by atoms with Gasteiger partial charge in [-0.1, -0.05) is 47.6 Å². The summed E-state index contributed by atoms with van der Waals surface area (Å²) < 4.78 is 6.87. The highest BCUT2D eigenvalue weighted by molar-refractivity contribution is 6.74. The van der Waals surface area contributed by atoms with Crippen LogP contribution in [0.5, 0.6) is 0 Å². The first kappa shape index (κ1) is 24.0. The van der Waals surface area contributed by atoms with E-state index in [2.05, 4.69) is 33.9 Å². The van der Waals surface area contributed by atoms with Crippen LogP contribution in [-0.4, -0.2) is 24.3 Å². The van der Waals surface area contributed by atoms with Crippen LogP contribution in [0.3, 0.4) is 0 Å². The molecular weight excluding hydrogens is 374 g/mol. The van der Waals surface area contributed by atoms with Gasteiger partial charge in [-0.15, -0.1) is 0 Å².